The average molecular weight is 271 g/mol. The first kappa shape index (κ1) is 12.5. The van der Waals surface area contributed by atoms with Gasteiger partial charge in [0.2, 0.25) is 0 Å². The standard InChI is InChI=1S/C15H17N3S/c1-3-15(2)10-19-14(18-15)17-12-8-4-6-11-7-5-9-16-13(11)12/h4-9H,3,10H2,1-2H3,(H,17,18). The molecule has 1 aromatic carbocycles. The highest BCUT2D eigenvalue weighted by Crippen LogP contribution is 2.31. The van der Waals surface area contributed by atoms with E-state index >= 15 is 0 Å². The Morgan fingerprint density at radius 2 is 2.16 bits per heavy atom. The zero-order chi connectivity index (χ0) is 13.3. The van der Waals surface area contributed by atoms with Crippen LogP contribution < -0.4 is 5.32 Å². The number of benzene rings is 1. The van der Waals surface area contributed by atoms with Gasteiger partial charge in [0.05, 0.1) is 16.7 Å². The van der Waals surface area contributed by atoms with Gasteiger partial charge >= 0.3 is 0 Å². The van der Waals surface area contributed by atoms with Gasteiger partial charge in [-0.05, 0) is 25.5 Å². The molecule has 1 aromatic heterocycles. The average Bonchev–Trinajstić information content (AvgIpc) is 2.82. The van der Waals surface area contributed by atoms with E-state index in [-0.39, 0.29) is 5.54 Å². The Morgan fingerprint density at radius 3 is 2.95 bits per heavy atom. The van der Waals surface area contributed by atoms with Gasteiger partial charge in [-0.25, -0.2) is 0 Å². The summed E-state index contributed by atoms with van der Waals surface area (Å²) in [5.41, 5.74) is 2.11. The number of pyridine rings is 1. The van der Waals surface area contributed by atoms with Crippen molar-refractivity contribution in [3.05, 3.63) is 36.5 Å². The molecule has 1 unspecified atom stereocenters. The molecule has 1 aliphatic heterocycles. The summed E-state index contributed by atoms with van der Waals surface area (Å²) < 4.78 is 0. The lowest BCUT2D eigenvalue weighted by Crippen LogP contribution is -2.20. The van der Waals surface area contributed by atoms with E-state index in [1.54, 1.807) is 11.8 Å². The molecule has 3 rings (SSSR count). The van der Waals surface area contributed by atoms with Crippen LogP contribution in [-0.2, 0) is 0 Å². The molecule has 0 fully saturated rings. The minimum absolute atomic E-state index is 0.0744. The largest absolute Gasteiger partial charge is 0.333 e. The van der Waals surface area contributed by atoms with E-state index in [2.05, 4.69) is 42.3 Å². The van der Waals surface area contributed by atoms with E-state index < -0.39 is 0 Å². The van der Waals surface area contributed by atoms with E-state index in [1.165, 1.54) is 0 Å². The van der Waals surface area contributed by atoms with Gasteiger partial charge in [0.25, 0.3) is 0 Å². The van der Waals surface area contributed by atoms with Crippen LogP contribution in [0.25, 0.3) is 10.9 Å². The third-order valence-corrected chi connectivity index (χ3v) is 4.76. The SMILES string of the molecule is CCC1(C)CSC(Nc2cccc3cccnc23)=N1. The summed E-state index contributed by atoms with van der Waals surface area (Å²) in [4.78, 5) is 9.23. The van der Waals surface area contributed by atoms with E-state index in [4.69, 9.17) is 4.99 Å². The van der Waals surface area contributed by atoms with Crippen LogP contribution in [0, 0.1) is 0 Å². The van der Waals surface area contributed by atoms with Gasteiger partial charge < -0.3 is 5.32 Å². The number of rotatable bonds is 2. The Hall–Kier alpha value is -1.55. The monoisotopic (exact) mass is 271 g/mol. The molecule has 0 amide bonds. The number of hydrogen-bond acceptors (Lipinski definition) is 4. The van der Waals surface area contributed by atoms with E-state index in [9.17, 15) is 0 Å². The zero-order valence-corrected chi connectivity index (χ0v) is 12.0. The van der Waals surface area contributed by atoms with E-state index in [0.717, 1.165) is 33.9 Å². The summed E-state index contributed by atoms with van der Waals surface area (Å²) in [5, 5.41) is 5.57. The molecule has 0 bridgehead atoms. The Balaban J connectivity index is 1.93. The first-order valence-electron chi connectivity index (χ1n) is 6.54. The molecular weight excluding hydrogens is 254 g/mol. The van der Waals surface area contributed by atoms with Crippen LogP contribution in [0.2, 0.25) is 0 Å². The first-order valence-corrected chi connectivity index (χ1v) is 7.52. The van der Waals surface area contributed by atoms with Crippen LogP contribution in [0.15, 0.2) is 41.5 Å². The number of thioether (sulfide) groups is 1. The van der Waals surface area contributed by atoms with Crippen molar-refractivity contribution in [2.75, 3.05) is 11.1 Å². The molecular formula is C15H17N3S. The first-order chi connectivity index (χ1) is 9.20. The van der Waals surface area contributed by atoms with Crippen molar-refractivity contribution in [2.24, 2.45) is 4.99 Å². The molecule has 2 aromatic rings. The maximum atomic E-state index is 4.78. The van der Waals surface area contributed by atoms with Crippen LogP contribution in [0.5, 0.6) is 0 Å². The number of fused-ring (bicyclic) bond motifs is 1. The second kappa shape index (κ2) is 4.85. The number of amidine groups is 1. The van der Waals surface area contributed by atoms with Gasteiger partial charge in [0.15, 0.2) is 5.17 Å². The number of nitrogens with one attached hydrogen (secondary N) is 1. The lowest BCUT2D eigenvalue weighted by atomic mass is 10.0. The predicted octanol–water partition coefficient (Wildman–Crippen LogP) is 3.92. The number of aromatic nitrogens is 1. The summed E-state index contributed by atoms with van der Waals surface area (Å²) in [5.74, 6) is 1.05. The van der Waals surface area contributed by atoms with Crippen LogP contribution >= 0.6 is 11.8 Å². The maximum absolute atomic E-state index is 4.78. The summed E-state index contributed by atoms with van der Waals surface area (Å²) in [6.45, 7) is 4.39. The molecule has 0 saturated heterocycles. The Bertz CT molecular complexity index is 633. The summed E-state index contributed by atoms with van der Waals surface area (Å²) in [7, 11) is 0. The third kappa shape index (κ3) is 2.45. The topological polar surface area (TPSA) is 37.3 Å². The minimum atomic E-state index is 0.0744. The Kier molecular flexibility index (Phi) is 3.19. The number of para-hydroxylation sites is 1. The van der Waals surface area contributed by atoms with Crippen LogP contribution in [-0.4, -0.2) is 21.4 Å². The fourth-order valence-corrected chi connectivity index (χ4v) is 3.28. The second-order valence-corrected chi connectivity index (χ2v) is 6.03. The molecule has 2 heterocycles. The Morgan fingerprint density at radius 1 is 1.32 bits per heavy atom. The van der Waals surface area contributed by atoms with Crippen molar-refractivity contribution in [2.45, 2.75) is 25.8 Å². The van der Waals surface area contributed by atoms with Gasteiger partial charge in [-0.2, -0.15) is 0 Å². The highest BCUT2D eigenvalue weighted by Gasteiger charge is 2.28. The molecule has 0 saturated carbocycles. The van der Waals surface area contributed by atoms with Crippen molar-refractivity contribution in [1.29, 1.82) is 0 Å². The molecule has 1 aliphatic rings. The number of anilines is 1. The van der Waals surface area contributed by atoms with Crippen molar-refractivity contribution in [1.82, 2.24) is 4.98 Å². The van der Waals surface area contributed by atoms with Gasteiger partial charge in [-0.1, -0.05) is 36.9 Å². The third-order valence-electron chi connectivity index (χ3n) is 3.53. The second-order valence-electron chi connectivity index (χ2n) is 5.06. The summed E-state index contributed by atoms with van der Waals surface area (Å²) in [6.07, 6.45) is 2.90. The quantitative estimate of drug-likeness (QED) is 0.899. The molecule has 98 valence electrons. The van der Waals surface area contributed by atoms with Crippen molar-refractivity contribution < 1.29 is 0 Å². The molecule has 0 radical (unpaired) electrons. The molecule has 1 atom stereocenters. The lowest BCUT2D eigenvalue weighted by Gasteiger charge is -2.15. The van der Waals surface area contributed by atoms with E-state index in [0.29, 0.717) is 0 Å². The van der Waals surface area contributed by atoms with Crippen molar-refractivity contribution in [3.63, 3.8) is 0 Å². The normalized spacial score (nSPS) is 22.5. The number of aliphatic imine (C=N–C) groups is 1. The van der Waals surface area contributed by atoms with Crippen LogP contribution in [0.1, 0.15) is 20.3 Å². The smallest absolute Gasteiger partial charge is 0.161 e. The molecule has 0 spiro atoms. The predicted molar refractivity (Wildman–Crippen MR) is 84.0 cm³/mol. The molecule has 19 heavy (non-hydrogen) atoms. The minimum Gasteiger partial charge on any atom is -0.333 e. The highest BCUT2D eigenvalue weighted by molar-refractivity contribution is 8.14. The maximum Gasteiger partial charge on any atom is 0.161 e. The van der Waals surface area contributed by atoms with Gasteiger partial charge in [-0.15, -0.1) is 0 Å². The van der Waals surface area contributed by atoms with Gasteiger partial charge in [0, 0.05) is 17.3 Å². The number of hydrogen-bond donors (Lipinski definition) is 1. The van der Waals surface area contributed by atoms with Crippen molar-refractivity contribution in [3.8, 4) is 0 Å². The van der Waals surface area contributed by atoms with Crippen LogP contribution in [0.3, 0.4) is 0 Å². The molecule has 1 N–H and O–H groups in total. The molecule has 0 aliphatic carbocycles. The highest BCUT2D eigenvalue weighted by atomic mass is 32.2. The van der Waals surface area contributed by atoms with Gasteiger partial charge in [-0.3, -0.25) is 9.98 Å². The summed E-state index contributed by atoms with van der Waals surface area (Å²) in [6, 6.07) is 10.2. The zero-order valence-electron chi connectivity index (χ0n) is 11.2. The fourth-order valence-electron chi connectivity index (χ4n) is 2.10. The Labute approximate surface area is 117 Å². The molecule has 4 heteroatoms. The summed E-state index contributed by atoms with van der Waals surface area (Å²) >= 11 is 1.79. The van der Waals surface area contributed by atoms with Crippen molar-refractivity contribution >= 4 is 33.5 Å². The van der Waals surface area contributed by atoms with Crippen LogP contribution in [0.4, 0.5) is 5.69 Å². The number of nitrogens with zero attached hydrogens (tertiary/aromatic N) is 2. The van der Waals surface area contributed by atoms with Gasteiger partial charge in [0.1, 0.15) is 0 Å². The molecule has 3 nitrogen and oxygen atoms in total. The van der Waals surface area contributed by atoms with E-state index in [1.807, 2.05) is 18.3 Å². The lowest BCUT2D eigenvalue weighted by molar-refractivity contribution is 0.523. The fraction of sp³-hybridized carbons (Fsp3) is 0.333.